The molecule has 0 spiro atoms. The van der Waals surface area contributed by atoms with Crippen LogP contribution in [0.25, 0.3) is 0 Å². The Kier molecular flexibility index (Phi) is 2.67. The van der Waals surface area contributed by atoms with Crippen molar-refractivity contribution in [3.8, 4) is 0 Å². The fraction of sp³-hybridized carbons (Fsp3) is 0.333. The number of amides is 1. The molecule has 0 bridgehead atoms. The van der Waals surface area contributed by atoms with Gasteiger partial charge in [0.1, 0.15) is 0 Å². The molecule has 0 aliphatic carbocycles. The molecule has 1 aromatic heterocycles. The maximum Gasteiger partial charge on any atom is 0.363 e. The largest absolute Gasteiger partial charge is 0.363 e. The molecule has 2 heterocycles. The Morgan fingerprint density at radius 1 is 1.50 bits per heavy atom. The van der Waals surface area contributed by atoms with Crippen molar-refractivity contribution in [2.75, 3.05) is 24.5 Å². The van der Waals surface area contributed by atoms with Crippen molar-refractivity contribution < 1.29 is 9.72 Å². The van der Waals surface area contributed by atoms with Gasteiger partial charge in [-0.25, -0.2) is 0 Å². The van der Waals surface area contributed by atoms with E-state index in [2.05, 4.69) is 10.3 Å². The molecule has 1 aromatic rings. The summed E-state index contributed by atoms with van der Waals surface area (Å²) in [6, 6.07) is 2.94. The summed E-state index contributed by atoms with van der Waals surface area (Å²) in [6.07, 6.45) is 1.41. The molecule has 1 aliphatic heterocycles. The number of hydrogen-bond donors (Lipinski definition) is 1. The number of rotatable bonds is 2. The first-order valence-electron chi connectivity index (χ1n) is 4.79. The molecule has 1 N–H and O–H groups in total. The van der Waals surface area contributed by atoms with E-state index < -0.39 is 4.92 Å². The number of anilines is 1. The molecule has 1 saturated heterocycles. The molecule has 7 nitrogen and oxygen atoms in total. The van der Waals surface area contributed by atoms with Gasteiger partial charge in [-0.1, -0.05) is 0 Å². The van der Waals surface area contributed by atoms with Crippen LogP contribution in [0.2, 0.25) is 0 Å². The van der Waals surface area contributed by atoms with Gasteiger partial charge in [0.15, 0.2) is 6.20 Å². The third-order valence-electron chi connectivity index (χ3n) is 2.32. The molecule has 0 unspecified atom stereocenters. The number of carbonyl (C=O) groups excluding carboxylic acids is 1. The van der Waals surface area contributed by atoms with E-state index >= 15 is 0 Å². The Balaban J connectivity index is 2.14. The molecule has 0 saturated carbocycles. The van der Waals surface area contributed by atoms with Gasteiger partial charge in [-0.3, -0.25) is 4.79 Å². The van der Waals surface area contributed by atoms with Crippen LogP contribution in [-0.2, 0) is 4.79 Å². The number of nitro groups is 1. The Morgan fingerprint density at radius 3 is 2.88 bits per heavy atom. The first-order chi connectivity index (χ1) is 7.66. The molecular weight excluding hydrogens is 212 g/mol. The Morgan fingerprint density at radius 2 is 2.31 bits per heavy atom. The van der Waals surface area contributed by atoms with Crippen LogP contribution in [0.1, 0.15) is 0 Å². The number of aromatic nitrogens is 1. The second-order valence-corrected chi connectivity index (χ2v) is 3.40. The Hall–Kier alpha value is -2.18. The minimum absolute atomic E-state index is 0.0513. The maximum absolute atomic E-state index is 11.1. The average molecular weight is 222 g/mol. The Labute approximate surface area is 91.2 Å². The Bertz CT molecular complexity index is 417. The van der Waals surface area contributed by atoms with E-state index in [1.54, 1.807) is 6.07 Å². The van der Waals surface area contributed by atoms with E-state index in [-0.39, 0.29) is 18.3 Å². The third-order valence-corrected chi connectivity index (χ3v) is 2.32. The molecule has 0 aromatic carbocycles. The summed E-state index contributed by atoms with van der Waals surface area (Å²) in [5.74, 6) is -0.241. The minimum atomic E-state index is -0.549. The number of nitrogens with one attached hydrogen (secondary N) is 1. The van der Waals surface area contributed by atoms with Crippen LogP contribution in [0.4, 0.5) is 11.5 Å². The van der Waals surface area contributed by atoms with Gasteiger partial charge in [-0.15, -0.1) is 0 Å². The smallest absolute Gasteiger partial charge is 0.358 e. The van der Waals surface area contributed by atoms with Crippen molar-refractivity contribution in [1.82, 2.24) is 10.3 Å². The molecule has 7 heteroatoms. The van der Waals surface area contributed by atoms with E-state index in [0.29, 0.717) is 13.1 Å². The average Bonchev–Trinajstić information content (AvgIpc) is 2.29. The fourth-order valence-corrected chi connectivity index (χ4v) is 1.53. The highest BCUT2D eigenvalue weighted by Gasteiger charge is 2.18. The lowest BCUT2D eigenvalue weighted by molar-refractivity contribution is -0.389. The van der Waals surface area contributed by atoms with Crippen LogP contribution in [0.15, 0.2) is 18.3 Å². The summed E-state index contributed by atoms with van der Waals surface area (Å²) in [5, 5.41) is 13.1. The third kappa shape index (κ3) is 2.08. The quantitative estimate of drug-likeness (QED) is 0.558. The normalized spacial score (nSPS) is 15.8. The van der Waals surface area contributed by atoms with E-state index in [1.165, 1.54) is 12.3 Å². The predicted octanol–water partition coefficient (Wildman–Crippen LogP) is -0.0740. The first kappa shape index (κ1) is 10.3. The first-order valence-corrected chi connectivity index (χ1v) is 4.79. The van der Waals surface area contributed by atoms with Crippen LogP contribution in [0.5, 0.6) is 0 Å². The lowest BCUT2D eigenvalue weighted by Crippen LogP contribution is -2.47. The van der Waals surface area contributed by atoms with Crippen LogP contribution in [-0.4, -0.2) is 35.4 Å². The lowest BCUT2D eigenvalue weighted by atomic mass is 10.3. The molecular formula is C9H10N4O3. The molecule has 1 amide bonds. The highest BCUT2D eigenvalue weighted by Crippen LogP contribution is 2.16. The van der Waals surface area contributed by atoms with E-state index in [1.807, 2.05) is 4.90 Å². The van der Waals surface area contributed by atoms with Crippen molar-refractivity contribution in [2.24, 2.45) is 0 Å². The summed E-state index contributed by atoms with van der Waals surface area (Å²) in [5.41, 5.74) is 0.723. The van der Waals surface area contributed by atoms with Crippen LogP contribution in [0.3, 0.4) is 0 Å². The number of piperazine rings is 1. The highest BCUT2D eigenvalue weighted by atomic mass is 16.6. The van der Waals surface area contributed by atoms with Gasteiger partial charge in [0.25, 0.3) is 0 Å². The minimum Gasteiger partial charge on any atom is -0.358 e. The van der Waals surface area contributed by atoms with Gasteiger partial charge >= 0.3 is 5.82 Å². The van der Waals surface area contributed by atoms with E-state index in [0.717, 1.165) is 5.69 Å². The van der Waals surface area contributed by atoms with Gasteiger partial charge in [0.2, 0.25) is 5.91 Å². The van der Waals surface area contributed by atoms with Crippen molar-refractivity contribution in [1.29, 1.82) is 0 Å². The van der Waals surface area contributed by atoms with Gasteiger partial charge in [-0.05, 0) is 16.0 Å². The number of nitrogens with zero attached hydrogens (tertiary/aromatic N) is 3. The van der Waals surface area contributed by atoms with Gasteiger partial charge in [0, 0.05) is 19.2 Å². The van der Waals surface area contributed by atoms with Crippen LogP contribution in [0, 0.1) is 10.1 Å². The zero-order valence-electron chi connectivity index (χ0n) is 8.42. The fourth-order valence-electron chi connectivity index (χ4n) is 1.53. The zero-order chi connectivity index (χ0) is 11.5. The lowest BCUT2D eigenvalue weighted by Gasteiger charge is -2.27. The van der Waals surface area contributed by atoms with E-state index in [9.17, 15) is 14.9 Å². The standard InChI is InChI=1S/C9H10N4O3/c14-9-6-12(4-3-10-9)7-1-2-8(11-5-7)13(15)16/h1-2,5H,3-4,6H2,(H,10,14). The molecule has 0 atom stereocenters. The van der Waals surface area contributed by atoms with Gasteiger partial charge in [-0.2, -0.15) is 0 Å². The van der Waals surface area contributed by atoms with Crippen LogP contribution >= 0.6 is 0 Å². The van der Waals surface area contributed by atoms with Crippen molar-refractivity contribution in [3.63, 3.8) is 0 Å². The van der Waals surface area contributed by atoms with Gasteiger partial charge in [0.05, 0.1) is 12.2 Å². The molecule has 16 heavy (non-hydrogen) atoms. The second kappa shape index (κ2) is 4.13. The van der Waals surface area contributed by atoms with Crippen LogP contribution < -0.4 is 10.2 Å². The van der Waals surface area contributed by atoms with Crippen molar-refractivity contribution >= 4 is 17.4 Å². The molecule has 1 fully saturated rings. The summed E-state index contributed by atoms with van der Waals surface area (Å²) < 4.78 is 0. The zero-order valence-corrected chi connectivity index (χ0v) is 8.42. The molecule has 1 aliphatic rings. The van der Waals surface area contributed by atoms with Crippen molar-refractivity contribution in [3.05, 3.63) is 28.4 Å². The molecule has 0 radical (unpaired) electrons. The topological polar surface area (TPSA) is 88.4 Å². The van der Waals surface area contributed by atoms with Crippen molar-refractivity contribution in [2.45, 2.75) is 0 Å². The summed E-state index contributed by atoms with van der Waals surface area (Å²) in [4.78, 5) is 26.5. The van der Waals surface area contributed by atoms with E-state index in [4.69, 9.17) is 0 Å². The predicted molar refractivity (Wildman–Crippen MR) is 56.1 cm³/mol. The monoisotopic (exact) mass is 222 g/mol. The number of hydrogen-bond acceptors (Lipinski definition) is 5. The molecule has 2 rings (SSSR count). The summed E-state index contributed by atoms with van der Waals surface area (Å²) in [6.45, 7) is 1.53. The summed E-state index contributed by atoms with van der Waals surface area (Å²) in [7, 11) is 0. The number of pyridine rings is 1. The molecule has 84 valence electrons. The number of carbonyl (C=O) groups is 1. The SMILES string of the molecule is O=C1CN(c2ccc([N+](=O)[O-])nc2)CCN1. The second-order valence-electron chi connectivity index (χ2n) is 3.40. The summed E-state index contributed by atoms with van der Waals surface area (Å²) >= 11 is 0. The maximum atomic E-state index is 11.1. The highest BCUT2D eigenvalue weighted by molar-refractivity contribution is 5.82. The van der Waals surface area contributed by atoms with Gasteiger partial charge < -0.3 is 20.3 Å².